The lowest BCUT2D eigenvalue weighted by Crippen LogP contribution is -2.32. The van der Waals surface area contributed by atoms with Crippen LogP contribution in [0.4, 0.5) is 0 Å². The first-order chi connectivity index (χ1) is 11.6. The van der Waals surface area contributed by atoms with Crippen LogP contribution in [-0.4, -0.2) is 25.5 Å². The maximum atomic E-state index is 12.0. The van der Waals surface area contributed by atoms with Crippen LogP contribution in [0.2, 0.25) is 0 Å². The van der Waals surface area contributed by atoms with Gasteiger partial charge in [0, 0.05) is 18.5 Å². The molecule has 1 atom stereocenters. The molecule has 0 aromatic heterocycles. The van der Waals surface area contributed by atoms with Gasteiger partial charge < -0.3 is 15.4 Å². The van der Waals surface area contributed by atoms with E-state index in [1.54, 1.807) is 31.4 Å². The number of methoxy groups -OCH3 is 1. The second kappa shape index (κ2) is 8.72. The summed E-state index contributed by atoms with van der Waals surface area (Å²) in [6.07, 6.45) is 0.229. The summed E-state index contributed by atoms with van der Waals surface area (Å²) in [6, 6.07) is 16.6. The van der Waals surface area contributed by atoms with Crippen molar-refractivity contribution in [3.63, 3.8) is 0 Å². The lowest BCUT2D eigenvalue weighted by molar-refractivity contribution is -0.121. The number of carbonyl (C=O) groups excluding carboxylic acids is 2. The van der Waals surface area contributed by atoms with E-state index < -0.39 is 0 Å². The third kappa shape index (κ3) is 5.12. The fourth-order valence-corrected chi connectivity index (χ4v) is 2.29. The van der Waals surface area contributed by atoms with Crippen LogP contribution in [0, 0.1) is 0 Å². The molecule has 0 spiro atoms. The van der Waals surface area contributed by atoms with Crippen molar-refractivity contribution < 1.29 is 14.3 Å². The summed E-state index contributed by atoms with van der Waals surface area (Å²) in [7, 11) is 1.55. The number of nitrogens with one attached hydrogen (secondary N) is 2. The SMILES string of the molecule is COc1cccc(C(=O)NCCC(=O)NC(C)c2ccccc2)c1. The molecule has 2 aromatic carbocycles. The van der Waals surface area contributed by atoms with Crippen molar-refractivity contribution in [3.8, 4) is 5.75 Å². The number of ether oxygens (including phenoxy) is 1. The molecule has 0 bridgehead atoms. The maximum Gasteiger partial charge on any atom is 0.251 e. The fourth-order valence-electron chi connectivity index (χ4n) is 2.29. The Hall–Kier alpha value is -2.82. The van der Waals surface area contributed by atoms with E-state index >= 15 is 0 Å². The van der Waals surface area contributed by atoms with Crippen LogP contribution in [0.5, 0.6) is 5.75 Å². The predicted molar refractivity (Wildman–Crippen MR) is 92.9 cm³/mol. The minimum atomic E-state index is -0.224. The molecular formula is C19H22N2O3. The second-order valence-electron chi connectivity index (χ2n) is 5.44. The molecule has 24 heavy (non-hydrogen) atoms. The van der Waals surface area contributed by atoms with Crippen LogP contribution < -0.4 is 15.4 Å². The van der Waals surface area contributed by atoms with Gasteiger partial charge in [-0.3, -0.25) is 9.59 Å². The zero-order chi connectivity index (χ0) is 17.4. The summed E-state index contributed by atoms with van der Waals surface area (Å²) >= 11 is 0. The van der Waals surface area contributed by atoms with Crippen molar-refractivity contribution in [1.29, 1.82) is 0 Å². The van der Waals surface area contributed by atoms with E-state index in [0.29, 0.717) is 11.3 Å². The Morgan fingerprint density at radius 2 is 1.83 bits per heavy atom. The van der Waals surface area contributed by atoms with E-state index in [2.05, 4.69) is 10.6 Å². The molecule has 0 fully saturated rings. The molecule has 0 saturated heterocycles. The Kier molecular flexibility index (Phi) is 6.37. The largest absolute Gasteiger partial charge is 0.497 e. The summed E-state index contributed by atoms with van der Waals surface area (Å²) in [4.78, 5) is 24.0. The van der Waals surface area contributed by atoms with Gasteiger partial charge in [-0.25, -0.2) is 0 Å². The normalized spacial score (nSPS) is 11.4. The zero-order valence-electron chi connectivity index (χ0n) is 13.9. The number of hydrogen-bond donors (Lipinski definition) is 2. The minimum Gasteiger partial charge on any atom is -0.497 e. The van der Waals surface area contributed by atoms with E-state index in [0.717, 1.165) is 5.56 Å². The molecule has 2 rings (SSSR count). The monoisotopic (exact) mass is 326 g/mol. The van der Waals surface area contributed by atoms with Crippen LogP contribution >= 0.6 is 0 Å². The van der Waals surface area contributed by atoms with Gasteiger partial charge in [0.15, 0.2) is 0 Å². The average Bonchev–Trinajstić information content (AvgIpc) is 2.62. The molecule has 5 heteroatoms. The van der Waals surface area contributed by atoms with Gasteiger partial charge in [-0.05, 0) is 30.7 Å². The smallest absolute Gasteiger partial charge is 0.251 e. The minimum absolute atomic E-state index is 0.0622. The first kappa shape index (κ1) is 17.5. The summed E-state index contributed by atoms with van der Waals surface area (Å²) in [5.74, 6) is 0.298. The summed E-state index contributed by atoms with van der Waals surface area (Å²) in [5.41, 5.74) is 1.55. The highest BCUT2D eigenvalue weighted by molar-refractivity contribution is 5.94. The van der Waals surface area contributed by atoms with Crippen LogP contribution in [0.15, 0.2) is 54.6 Å². The summed E-state index contributed by atoms with van der Waals surface area (Å²) in [5, 5.41) is 5.66. The van der Waals surface area contributed by atoms with Crippen molar-refractivity contribution in [1.82, 2.24) is 10.6 Å². The molecule has 126 valence electrons. The van der Waals surface area contributed by atoms with E-state index in [9.17, 15) is 9.59 Å². The van der Waals surface area contributed by atoms with Gasteiger partial charge in [0.1, 0.15) is 5.75 Å². The molecule has 2 aromatic rings. The summed E-state index contributed by atoms with van der Waals surface area (Å²) < 4.78 is 5.09. The van der Waals surface area contributed by atoms with Crippen molar-refractivity contribution in [2.45, 2.75) is 19.4 Å². The third-order valence-electron chi connectivity index (χ3n) is 3.65. The molecule has 2 amide bonds. The van der Waals surface area contributed by atoms with Gasteiger partial charge in [0.2, 0.25) is 5.91 Å². The van der Waals surface area contributed by atoms with E-state index in [4.69, 9.17) is 4.74 Å². The van der Waals surface area contributed by atoms with Crippen molar-refractivity contribution in [2.24, 2.45) is 0 Å². The van der Waals surface area contributed by atoms with Gasteiger partial charge in [0.05, 0.1) is 13.2 Å². The van der Waals surface area contributed by atoms with E-state index in [-0.39, 0.29) is 30.8 Å². The quantitative estimate of drug-likeness (QED) is 0.822. The van der Waals surface area contributed by atoms with Crippen molar-refractivity contribution >= 4 is 11.8 Å². The van der Waals surface area contributed by atoms with Crippen molar-refractivity contribution in [2.75, 3.05) is 13.7 Å². The number of amides is 2. The van der Waals surface area contributed by atoms with Gasteiger partial charge in [-0.15, -0.1) is 0 Å². The van der Waals surface area contributed by atoms with Gasteiger partial charge in [-0.2, -0.15) is 0 Å². The molecule has 5 nitrogen and oxygen atoms in total. The first-order valence-electron chi connectivity index (χ1n) is 7.86. The van der Waals surface area contributed by atoms with E-state index in [1.165, 1.54) is 0 Å². The molecule has 0 saturated carbocycles. The Labute approximate surface area is 142 Å². The average molecular weight is 326 g/mol. The van der Waals surface area contributed by atoms with Crippen LogP contribution in [0.25, 0.3) is 0 Å². The van der Waals surface area contributed by atoms with E-state index in [1.807, 2.05) is 37.3 Å². The molecule has 2 N–H and O–H groups in total. The van der Waals surface area contributed by atoms with Crippen LogP contribution in [0.3, 0.4) is 0 Å². The molecule has 0 aliphatic rings. The van der Waals surface area contributed by atoms with Gasteiger partial charge >= 0.3 is 0 Å². The first-order valence-corrected chi connectivity index (χ1v) is 7.86. The number of benzene rings is 2. The predicted octanol–water partition coefficient (Wildman–Crippen LogP) is 2.69. The Bertz CT molecular complexity index is 686. The fraction of sp³-hybridized carbons (Fsp3) is 0.263. The maximum absolute atomic E-state index is 12.0. The number of rotatable bonds is 7. The molecule has 0 aliphatic heterocycles. The van der Waals surface area contributed by atoms with Gasteiger partial charge in [-0.1, -0.05) is 36.4 Å². The highest BCUT2D eigenvalue weighted by Crippen LogP contribution is 2.12. The Morgan fingerprint density at radius 3 is 2.54 bits per heavy atom. The molecular weight excluding hydrogens is 304 g/mol. The second-order valence-corrected chi connectivity index (χ2v) is 5.44. The number of hydrogen-bond acceptors (Lipinski definition) is 3. The molecule has 1 unspecified atom stereocenters. The molecule has 0 aliphatic carbocycles. The Morgan fingerprint density at radius 1 is 1.08 bits per heavy atom. The number of carbonyl (C=O) groups is 2. The highest BCUT2D eigenvalue weighted by Gasteiger charge is 2.10. The van der Waals surface area contributed by atoms with Gasteiger partial charge in [0.25, 0.3) is 5.91 Å². The van der Waals surface area contributed by atoms with Crippen LogP contribution in [-0.2, 0) is 4.79 Å². The topological polar surface area (TPSA) is 67.4 Å². The molecule has 0 radical (unpaired) electrons. The lowest BCUT2D eigenvalue weighted by atomic mass is 10.1. The molecule has 0 heterocycles. The standard InChI is InChI=1S/C19H22N2O3/c1-14(15-7-4-3-5-8-15)21-18(22)11-12-20-19(23)16-9-6-10-17(13-16)24-2/h3-10,13-14H,11-12H2,1-2H3,(H,20,23)(H,21,22). The summed E-state index contributed by atoms with van der Waals surface area (Å²) in [6.45, 7) is 2.21. The zero-order valence-corrected chi connectivity index (χ0v) is 13.9. The Balaban J connectivity index is 1.77. The lowest BCUT2D eigenvalue weighted by Gasteiger charge is -2.14. The third-order valence-corrected chi connectivity index (χ3v) is 3.65. The van der Waals surface area contributed by atoms with Crippen LogP contribution in [0.1, 0.15) is 35.3 Å². The highest BCUT2D eigenvalue weighted by atomic mass is 16.5. The van der Waals surface area contributed by atoms with Crippen molar-refractivity contribution in [3.05, 3.63) is 65.7 Å².